The molecule has 3 heterocycles. The van der Waals surface area contributed by atoms with Gasteiger partial charge in [-0.1, -0.05) is 0 Å². The van der Waals surface area contributed by atoms with Gasteiger partial charge >= 0.3 is 5.97 Å². The number of oxazole rings is 1. The molecule has 0 amide bonds. The number of aryl methyl sites for hydroxylation is 2. The second-order valence-electron chi connectivity index (χ2n) is 4.10. The van der Waals surface area contributed by atoms with Crippen LogP contribution in [0.4, 0.5) is 0 Å². The molecular formula is C12H11NO3S2. The van der Waals surface area contributed by atoms with Gasteiger partial charge in [0.15, 0.2) is 0 Å². The molecule has 0 spiro atoms. The van der Waals surface area contributed by atoms with Gasteiger partial charge in [0.05, 0.1) is 10.6 Å². The number of hydrogen-bond acceptors (Lipinski definition) is 5. The van der Waals surface area contributed by atoms with Gasteiger partial charge in [0.2, 0.25) is 11.7 Å². The monoisotopic (exact) mass is 281 g/mol. The van der Waals surface area contributed by atoms with E-state index < -0.39 is 5.97 Å². The molecule has 4 nitrogen and oxygen atoms in total. The molecule has 2 aromatic rings. The first-order chi connectivity index (χ1) is 8.65. The highest BCUT2D eigenvalue weighted by atomic mass is 32.2. The van der Waals surface area contributed by atoms with Crippen molar-refractivity contribution < 1.29 is 14.3 Å². The number of thioether (sulfide) groups is 1. The summed E-state index contributed by atoms with van der Waals surface area (Å²) >= 11 is 3.58. The van der Waals surface area contributed by atoms with Gasteiger partial charge in [0.25, 0.3) is 0 Å². The number of nitrogens with zero attached hydrogens (tertiary/aromatic N) is 1. The van der Waals surface area contributed by atoms with Crippen LogP contribution in [0.15, 0.2) is 10.5 Å². The van der Waals surface area contributed by atoms with Crippen LogP contribution in [0.25, 0.3) is 10.8 Å². The number of thiophene rings is 1. The third kappa shape index (κ3) is 1.95. The summed E-state index contributed by atoms with van der Waals surface area (Å²) in [6.07, 6.45) is 1.08. The van der Waals surface area contributed by atoms with E-state index in [-0.39, 0.29) is 5.76 Å². The van der Waals surface area contributed by atoms with Crippen LogP contribution in [0.1, 0.15) is 26.7 Å². The molecule has 0 unspecified atom stereocenters. The van der Waals surface area contributed by atoms with Crippen LogP contribution in [0.3, 0.4) is 0 Å². The predicted octanol–water partition coefficient (Wildman–Crippen LogP) is 3.20. The fourth-order valence-electron chi connectivity index (χ4n) is 1.95. The van der Waals surface area contributed by atoms with Crippen molar-refractivity contribution in [3.8, 4) is 10.8 Å². The molecule has 0 saturated carbocycles. The molecular weight excluding hydrogens is 270 g/mol. The standard InChI is InChI=1S/C12H11NO3S2/c1-6-10(12(14)15)16-11(13-6)9-4-7-5-17-3-2-8(7)18-9/h4H,2-3,5H2,1H3,(H,14,15). The van der Waals surface area contributed by atoms with Gasteiger partial charge in [0, 0.05) is 10.6 Å². The van der Waals surface area contributed by atoms with Gasteiger partial charge in [-0.2, -0.15) is 11.8 Å². The molecule has 2 aromatic heterocycles. The maximum absolute atomic E-state index is 10.9. The van der Waals surface area contributed by atoms with Crippen LogP contribution in [0.5, 0.6) is 0 Å². The lowest BCUT2D eigenvalue weighted by atomic mass is 10.2. The molecule has 0 atom stereocenters. The highest BCUT2D eigenvalue weighted by Crippen LogP contribution is 2.37. The summed E-state index contributed by atoms with van der Waals surface area (Å²) in [5.74, 6) is 1.47. The van der Waals surface area contributed by atoms with Crippen LogP contribution in [0.2, 0.25) is 0 Å². The molecule has 1 aliphatic rings. The number of rotatable bonds is 2. The van der Waals surface area contributed by atoms with Gasteiger partial charge < -0.3 is 9.52 Å². The van der Waals surface area contributed by atoms with Crippen molar-refractivity contribution in [3.63, 3.8) is 0 Å². The molecule has 1 N–H and O–H groups in total. The Morgan fingerprint density at radius 3 is 3.06 bits per heavy atom. The van der Waals surface area contributed by atoms with Crippen molar-refractivity contribution in [2.45, 2.75) is 19.1 Å². The number of aromatic carboxylic acids is 1. The topological polar surface area (TPSA) is 63.3 Å². The number of hydrogen-bond donors (Lipinski definition) is 1. The Balaban J connectivity index is 2.02. The molecule has 0 saturated heterocycles. The van der Waals surface area contributed by atoms with E-state index >= 15 is 0 Å². The highest BCUT2D eigenvalue weighted by molar-refractivity contribution is 7.98. The number of carboxylic acid groups (broad SMARTS) is 1. The quantitative estimate of drug-likeness (QED) is 0.915. The summed E-state index contributed by atoms with van der Waals surface area (Å²) in [5.41, 5.74) is 1.76. The third-order valence-corrected chi connectivity index (χ3v) is 5.06. The average Bonchev–Trinajstić information content (AvgIpc) is 2.91. The minimum Gasteiger partial charge on any atom is -0.475 e. The van der Waals surface area contributed by atoms with Gasteiger partial charge in [-0.15, -0.1) is 11.3 Å². The van der Waals surface area contributed by atoms with E-state index in [1.54, 1.807) is 18.3 Å². The molecule has 0 aliphatic carbocycles. The summed E-state index contributed by atoms with van der Waals surface area (Å²) in [7, 11) is 0. The van der Waals surface area contributed by atoms with E-state index in [9.17, 15) is 4.79 Å². The third-order valence-electron chi connectivity index (χ3n) is 2.83. The molecule has 1 aliphatic heterocycles. The fraction of sp³-hybridized carbons (Fsp3) is 0.333. The lowest BCUT2D eigenvalue weighted by Crippen LogP contribution is -1.96. The average molecular weight is 281 g/mol. The Hall–Kier alpha value is -1.27. The van der Waals surface area contributed by atoms with E-state index in [1.807, 2.05) is 11.8 Å². The lowest BCUT2D eigenvalue weighted by molar-refractivity contribution is 0.0662. The Morgan fingerprint density at radius 2 is 2.39 bits per heavy atom. The smallest absolute Gasteiger partial charge is 0.373 e. The number of carboxylic acids is 1. The Bertz CT molecular complexity index is 591. The van der Waals surface area contributed by atoms with Crippen LogP contribution in [-0.4, -0.2) is 21.8 Å². The minimum absolute atomic E-state index is 0.0641. The zero-order chi connectivity index (χ0) is 12.7. The van der Waals surface area contributed by atoms with Crippen LogP contribution < -0.4 is 0 Å². The summed E-state index contributed by atoms with van der Waals surface area (Å²) in [6.45, 7) is 1.65. The first-order valence-corrected chi connectivity index (χ1v) is 7.52. The van der Waals surface area contributed by atoms with Gasteiger partial charge in [-0.05, 0) is 30.7 Å². The first-order valence-electron chi connectivity index (χ1n) is 5.55. The SMILES string of the molecule is Cc1nc(-c2cc3c(s2)CCSC3)oc1C(=O)O. The molecule has 0 radical (unpaired) electrons. The number of fused-ring (bicyclic) bond motifs is 1. The van der Waals surface area contributed by atoms with Crippen molar-refractivity contribution in [1.82, 2.24) is 4.98 Å². The Kier molecular flexibility index (Phi) is 2.91. The van der Waals surface area contributed by atoms with Crippen molar-refractivity contribution in [2.75, 3.05) is 5.75 Å². The van der Waals surface area contributed by atoms with Crippen molar-refractivity contribution in [3.05, 3.63) is 28.0 Å². The highest BCUT2D eigenvalue weighted by Gasteiger charge is 2.21. The van der Waals surface area contributed by atoms with Crippen molar-refractivity contribution in [2.24, 2.45) is 0 Å². The second-order valence-corrected chi connectivity index (χ2v) is 6.34. The molecule has 0 bridgehead atoms. The maximum atomic E-state index is 10.9. The summed E-state index contributed by atoms with van der Waals surface area (Å²) in [5, 5.41) is 8.95. The summed E-state index contributed by atoms with van der Waals surface area (Å²) in [6, 6.07) is 2.07. The van der Waals surface area contributed by atoms with Gasteiger partial charge in [-0.25, -0.2) is 9.78 Å². The van der Waals surface area contributed by atoms with E-state index in [1.165, 1.54) is 10.4 Å². The summed E-state index contributed by atoms with van der Waals surface area (Å²) < 4.78 is 5.33. The minimum atomic E-state index is -1.07. The number of aromatic nitrogens is 1. The second kappa shape index (κ2) is 4.44. The van der Waals surface area contributed by atoms with Gasteiger partial charge in [0.1, 0.15) is 0 Å². The van der Waals surface area contributed by atoms with E-state index in [0.29, 0.717) is 11.6 Å². The Morgan fingerprint density at radius 1 is 1.56 bits per heavy atom. The maximum Gasteiger partial charge on any atom is 0.373 e. The summed E-state index contributed by atoms with van der Waals surface area (Å²) in [4.78, 5) is 17.4. The van der Waals surface area contributed by atoms with E-state index in [4.69, 9.17) is 9.52 Å². The van der Waals surface area contributed by atoms with Crippen molar-refractivity contribution in [1.29, 1.82) is 0 Å². The molecule has 18 heavy (non-hydrogen) atoms. The normalized spacial score (nSPS) is 14.5. The predicted molar refractivity (Wildman–Crippen MR) is 71.4 cm³/mol. The number of carbonyl (C=O) groups is 1. The molecule has 0 aromatic carbocycles. The van der Waals surface area contributed by atoms with E-state index in [2.05, 4.69) is 11.1 Å². The zero-order valence-electron chi connectivity index (χ0n) is 9.73. The first kappa shape index (κ1) is 11.8. The van der Waals surface area contributed by atoms with Crippen LogP contribution >= 0.6 is 23.1 Å². The molecule has 0 fully saturated rings. The lowest BCUT2D eigenvalue weighted by Gasteiger charge is -2.08. The fourth-order valence-corrected chi connectivity index (χ4v) is 4.25. The van der Waals surface area contributed by atoms with E-state index in [0.717, 1.165) is 22.8 Å². The van der Waals surface area contributed by atoms with Crippen LogP contribution in [-0.2, 0) is 12.2 Å². The Labute approximate surface area is 112 Å². The van der Waals surface area contributed by atoms with Crippen LogP contribution in [0, 0.1) is 6.92 Å². The molecule has 94 valence electrons. The van der Waals surface area contributed by atoms with Gasteiger partial charge in [-0.3, -0.25) is 0 Å². The zero-order valence-corrected chi connectivity index (χ0v) is 11.4. The van der Waals surface area contributed by atoms with Crippen molar-refractivity contribution >= 4 is 29.1 Å². The molecule has 3 rings (SSSR count). The largest absolute Gasteiger partial charge is 0.475 e. The molecule has 6 heteroatoms.